The second-order valence-electron chi connectivity index (χ2n) is 10.3. The van der Waals surface area contributed by atoms with Crippen LogP contribution in [0.1, 0.15) is 58.1 Å². The molecule has 4 amide bonds. The lowest BCUT2D eigenvalue weighted by Gasteiger charge is -2.38. The van der Waals surface area contributed by atoms with E-state index in [1.54, 1.807) is 0 Å². The Balaban J connectivity index is 1.49. The third-order valence-electron chi connectivity index (χ3n) is 7.99. The van der Waals surface area contributed by atoms with Gasteiger partial charge in [-0.15, -0.1) is 0 Å². The molecule has 0 spiro atoms. The Bertz CT molecular complexity index is 1810. The molecule has 0 fully saturated rings. The molecule has 0 N–H and O–H groups in total. The summed E-state index contributed by atoms with van der Waals surface area (Å²) in [5.74, 6) is -3.12. The van der Waals surface area contributed by atoms with Crippen molar-refractivity contribution < 1.29 is 45.5 Å². The minimum Gasteiger partial charge on any atom is -0.277 e. The highest BCUT2D eigenvalue weighted by atomic mass is 19.4. The highest BCUT2D eigenvalue weighted by Crippen LogP contribution is 2.56. The molecule has 0 saturated heterocycles. The topological polar surface area (TPSA) is 74.8 Å². The van der Waals surface area contributed by atoms with Crippen LogP contribution in [-0.4, -0.2) is 47.9 Å². The summed E-state index contributed by atoms with van der Waals surface area (Å²) in [4.78, 5) is 54.2. The molecule has 2 aliphatic rings. The number of anilines is 1. The Kier molecular flexibility index (Phi) is 5.89. The van der Waals surface area contributed by atoms with Crippen molar-refractivity contribution in [2.45, 2.75) is 24.7 Å². The molecule has 0 saturated carbocycles. The molecule has 0 radical (unpaired) electrons. The molecule has 0 aromatic heterocycles. The van der Waals surface area contributed by atoms with Crippen molar-refractivity contribution in [2.24, 2.45) is 0 Å². The fraction of sp³-hybridized carbons (Fsp3) is 0.161. The van der Waals surface area contributed by atoms with Crippen LogP contribution >= 0.6 is 0 Å². The zero-order chi connectivity index (χ0) is 31.2. The minimum absolute atomic E-state index is 0.0657. The van der Waals surface area contributed by atoms with E-state index in [9.17, 15) is 45.5 Å². The van der Waals surface area contributed by atoms with Crippen LogP contribution < -0.4 is 4.90 Å². The van der Waals surface area contributed by atoms with Crippen molar-refractivity contribution >= 4 is 40.1 Å². The molecule has 0 bridgehead atoms. The smallest absolute Gasteiger partial charge is 0.277 e. The predicted octanol–water partition coefficient (Wildman–Crippen LogP) is 6.59. The summed E-state index contributed by atoms with van der Waals surface area (Å²) in [6, 6.07) is 12.0. The third kappa shape index (κ3) is 3.68. The Morgan fingerprint density at radius 2 is 0.860 bits per heavy atom. The van der Waals surface area contributed by atoms with Gasteiger partial charge >= 0.3 is 12.4 Å². The highest BCUT2D eigenvalue weighted by Gasteiger charge is 2.72. The largest absolute Gasteiger partial charge is 0.411 e. The number of hydrogen-bond acceptors (Lipinski definition) is 4. The Labute approximate surface area is 239 Å². The first-order chi connectivity index (χ1) is 20.1. The number of alkyl halides is 6. The van der Waals surface area contributed by atoms with Gasteiger partial charge in [-0.1, -0.05) is 42.0 Å². The van der Waals surface area contributed by atoms with Gasteiger partial charge in [-0.3, -0.25) is 24.1 Å². The van der Waals surface area contributed by atoms with Gasteiger partial charge in [-0.2, -0.15) is 26.3 Å². The van der Waals surface area contributed by atoms with E-state index in [0.717, 1.165) is 41.3 Å². The quantitative estimate of drug-likeness (QED) is 0.198. The van der Waals surface area contributed by atoms with Crippen LogP contribution in [-0.2, 0) is 5.41 Å². The average Bonchev–Trinajstić information content (AvgIpc) is 2.94. The van der Waals surface area contributed by atoms with E-state index in [1.807, 2.05) is 0 Å². The fourth-order valence-electron chi connectivity index (χ4n) is 5.88. The molecule has 2 heterocycles. The van der Waals surface area contributed by atoms with Gasteiger partial charge in [0.25, 0.3) is 23.6 Å². The maximum Gasteiger partial charge on any atom is 0.411 e. The Morgan fingerprint density at radius 1 is 0.512 bits per heavy atom. The van der Waals surface area contributed by atoms with E-state index in [0.29, 0.717) is 22.6 Å². The zero-order valence-electron chi connectivity index (χ0n) is 22.2. The van der Waals surface area contributed by atoms with E-state index >= 15 is 0 Å². The van der Waals surface area contributed by atoms with Crippen molar-refractivity contribution in [3.05, 3.63) is 112 Å². The van der Waals surface area contributed by atoms with Crippen molar-refractivity contribution in [2.75, 3.05) is 11.9 Å². The van der Waals surface area contributed by atoms with E-state index < -0.39 is 52.5 Å². The number of nitrogens with zero attached hydrogens (tertiary/aromatic N) is 2. The van der Waals surface area contributed by atoms with Crippen LogP contribution in [0.15, 0.2) is 72.8 Å². The number of amides is 4. The molecule has 0 aliphatic carbocycles. The lowest BCUT2D eigenvalue weighted by Crippen LogP contribution is -2.54. The van der Waals surface area contributed by atoms with Crippen LogP contribution in [0.4, 0.5) is 32.0 Å². The van der Waals surface area contributed by atoms with Gasteiger partial charge in [0.05, 0.1) is 5.69 Å². The Hall–Kier alpha value is -5.00. The van der Waals surface area contributed by atoms with Crippen molar-refractivity contribution in [1.29, 1.82) is 0 Å². The standard InChI is InChI=1S/C31H18F6N2O4/c1-15-3-5-16(6-4-15)29(30(32,33)34,31(35,36)37)17-7-9-18(10-8-17)39-27(42)21-13-11-19-23-20(26(41)38(2)25(19)40)12-14-22(24(21)23)28(39)43/h3-14H,1-2H3. The molecular formula is C31H18F6N2O4. The van der Waals surface area contributed by atoms with E-state index in [4.69, 9.17) is 0 Å². The molecule has 2 aliphatic heterocycles. The van der Waals surface area contributed by atoms with Gasteiger partial charge in [-0.05, 0) is 54.4 Å². The van der Waals surface area contributed by atoms with Gasteiger partial charge in [0.2, 0.25) is 5.41 Å². The monoisotopic (exact) mass is 596 g/mol. The average molecular weight is 596 g/mol. The second kappa shape index (κ2) is 9.00. The number of carbonyl (C=O) groups excluding carboxylic acids is 4. The summed E-state index contributed by atoms with van der Waals surface area (Å²) in [7, 11) is 1.29. The molecule has 12 heteroatoms. The summed E-state index contributed by atoms with van der Waals surface area (Å²) >= 11 is 0. The summed E-state index contributed by atoms with van der Waals surface area (Å²) in [5, 5.41) is 0.193. The predicted molar refractivity (Wildman–Crippen MR) is 142 cm³/mol. The van der Waals surface area contributed by atoms with Crippen LogP contribution in [0.3, 0.4) is 0 Å². The minimum atomic E-state index is -5.81. The summed E-state index contributed by atoms with van der Waals surface area (Å²) in [6.07, 6.45) is -11.6. The first-order valence-corrected chi connectivity index (χ1v) is 12.7. The van der Waals surface area contributed by atoms with E-state index in [2.05, 4.69) is 0 Å². The highest BCUT2D eigenvalue weighted by molar-refractivity contribution is 6.39. The SMILES string of the molecule is Cc1ccc(C(c2ccc(N3C(=O)c4ccc5c6c(ccc(c46)C3=O)C(=O)N(C)C5=O)cc2)(C(F)(F)F)C(F)(F)F)cc1. The summed E-state index contributed by atoms with van der Waals surface area (Å²) in [5.41, 5.74) is -6.34. The van der Waals surface area contributed by atoms with Gasteiger partial charge in [-0.25, -0.2) is 4.90 Å². The molecular weight excluding hydrogens is 578 g/mol. The number of aryl methyl sites for hydroxylation is 1. The van der Waals surface area contributed by atoms with Gasteiger partial charge in [0.1, 0.15) is 0 Å². The van der Waals surface area contributed by atoms with Crippen LogP contribution in [0.5, 0.6) is 0 Å². The maximum atomic E-state index is 14.5. The van der Waals surface area contributed by atoms with Gasteiger partial charge in [0, 0.05) is 40.1 Å². The van der Waals surface area contributed by atoms with Crippen LogP contribution in [0.2, 0.25) is 0 Å². The molecule has 6 rings (SSSR count). The third-order valence-corrected chi connectivity index (χ3v) is 7.99. The number of halogens is 6. The summed E-state index contributed by atoms with van der Waals surface area (Å²) < 4.78 is 87.0. The summed E-state index contributed by atoms with van der Waals surface area (Å²) in [6.45, 7) is 1.52. The molecule has 43 heavy (non-hydrogen) atoms. The number of carbonyl (C=O) groups is 4. The zero-order valence-corrected chi connectivity index (χ0v) is 22.2. The first kappa shape index (κ1) is 28.1. The molecule has 6 nitrogen and oxygen atoms in total. The van der Waals surface area contributed by atoms with Crippen molar-refractivity contribution in [3.8, 4) is 0 Å². The van der Waals surface area contributed by atoms with Crippen LogP contribution in [0, 0.1) is 6.92 Å². The lowest BCUT2D eigenvalue weighted by atomic mass is 9.72. The maximum absolute atomic E-state index is 14.5. The molecule has 4 aromatic rings. The lowest BCUT2D eigenvalue weighted by molar-refractivity contribution is -0.288. The van der Waals surface area contributed by atoms with Crippen molar-refractivity contribution in [1.82, 2.24) is 4.90 Å². The number of benzene rings is 4. The Morgan fingerprint density at radius 3 is 1.23 bits per heavy atom. The molecule has 0 atom stereocenters. The van der Waals surface area contributed by atoms with Gasteiger partial charge < -0.3 is 0 Å². The van der Waals surface area contributed by atoms with Crippen LogP contribution in [0.25, 0.3) is 10.8 Å². The number of imide groups is 2. The normalized spacial score (nSPS) is 15.5. The van der Waals surface area contributed by atoms with Crippen molar-refractivity contribution in [3.63, 3.8) is 0 Å². The second-order valence-corrected chi connectivity index (χ2v) is 10.3. The number of hydrogen-bond donors (Lipinski definition) is 0. The number of rotatable bonds is 3. The molecule has 4 aromatic carbocycles. The molecule has 0 unspecified atom stereocenters. The molecule has 218 valence electrons. The van der Waals surface area contributed by atoms with Gasteiger partial charge in [0.15, 0.2) is 0 Å². The fourth-order valence-corrected chi connectivity index (χ4v) is 5.88. The first-order valence-electron chi connectivity index (χ1n) is 12.7. The van der Waals surface area contributed by atoms with E-state index in [1.165, 1.54) is 38.2 Å². The van der Waals surface area contributed by atoms with E-state index in [-0.39, 0.29) is 38.7 Å².